The van der Waals surface area contributed by atoms with Crippen LogP contribution in [0.1, 0.15) is 0 Å². The van der Waals surface area contributed by atoms with Crippen molar-refractivity contribution in [1.82, 2.24) is 29.9 Å². The Kier molecular flexibility index (Phi) is 3.66. The summed E-state index contributed by atoms with van der Waals surface area (Å²) in [5, 5.41) is 0. The Hall–Kier alpha value is -2.78. The number of hydrogen-bond donors (Lipinski definition) is 4. The number of anilines is 4. The first kappa shape index (κ1) is 11.3. The Morgan fingerprint density at radius 1 is 0.562 bits per heavy atom. The van der Waals surface area contributed by atoms with Crippen LogP contribution in [0, 0.1) is 0 Å². The average molecular weight is 222 g/mol. The van der Waals surface area contributed by atoms with Gasteiger partial charge >= 0.3 is 0 Å². The second-order valence-corrected chi connectivity index (χ2v) is 2.40. The predicted molar refractivity (Wildman–Crippen MR) is 57.3 cm³/mol. The second kappa shape index (κ2) is 5.19. The first-order valence-electron chi connectivity index (χ1n) is 3.98. The van der Waals surface area contributed by atoms with Crippen LogP contribution in [0.5, 0.6) is 0 Å². The molecular weight excluding hydrogens is 212 g/mol. The van der Waals surface area contributed by atoms with Gasteiger partial charge in [0.15, 0.2) is 0 Å². The molecule has 84 valence electrons. The number of aromatic nitrogens is 6. The van der Waals surface area contributed by atoms with Gasteiger partial charge in [-0.3, -0.25) is 0 Å². The monoisotopic (exact) mass is 222 g/mol. The van der Waals surface area contributed by atoms with E-state index in [1.165, 1.54) is 12.7 Å². The molecule has 0 unspecified atom stereocenters. The molecule has 0 amide bonds. The maximum absolute atomic E-state index is 5.12. The first-order valence-corrected chi connectivity index (χ1v) is 3.98. The summed E-state index contributed by atoms with van der Waals surface area (Å²) >= 11 is 0. The maximum atomic E-state index is 5.12. The van der Waals surface area contributed by atoms with Crippen LogP contribution in [-0.2, 0) is 0 Å². The van der Waals surface area contributed by atoms with Crippen molar-refractivity contribution < 1.29 is 0 Å². The van der Waals surface area contributed by atoms with Crippen LogP contribution in [0.25, 0.3) is 0 Å². The molecule has 16 heavy (non-hydrogen) atoms. The lowest BCUT2D eigenvalue weighted by atomic mass is 10.9. The van der Waals surface area contributed by atoms with E-state index in [4.69, 9.17) is 22.9 Å². The van der Waals surface area contributed by atoms with Crippen LogP contribution in [0.4, 0.5) is 23.8 Å². The number of rotatable bonds is 0. The Morgan fingerprint density at radius 3 is 0.938 bits per heavy atom. The van der Waals surface area contributed by atoms with Gasteiger partial charge in [-0.05, 0) is 0 Å². The molecule has 2 aromatic heterocycles. The minimum Gasteiger partial charge on any atom is -0.368 e. The molecule has 0 atom stereocenters. The third-order valence-corrected chi connectivity index (χ3v) is 1.22. The molecule has 0 aliphatic rings. The molecule has 0 fully saturated rings. The van der Waals surface area contributed by atoms with Gasteiger partial charge < -0.3 is 22.9 Å². The molecule has 0 bridgehead atoms. The van der Waals surface area contributed by atoms with Crippen LogP contribution in [0.2, 0.25) is 0 Å². The third-order valence-electron chi connectivity index (χ3n) is 1.22. The molecule has 0 saturated carbocycles. The summed E-state index contributed by atoms with van der Waals surface area (Å²) in [7, 11) is 0. The topological polar surface area (TPSA) is 181 Å². The van der Waals surface area contributed by atoms with Crippen LogP contribution < -0.4 is 22.9 Å². The highest BCUT2D eigenvalue weighted by Crippen LogP contribution is 1.89. The largest absolute Gasteiger partial charge is 0.368 e. The van der Waals surface area contributed by atoms with Gasteiger partial charge in [-0.2, -0.15) is 9.97 Å². The summed E-state index contributed by atoms with van der Waals surface area (Å²) < 4.78 is 0. The molecule has 10 nitrogen and oxygen atoms in total. The van der Waals surface area contributed by atoms with Gasteiger partial charge in [0, 0.05) is 0 Å². The number of nitrogens with zero attached hydrogens (tertiary/aromatic N) is 6. The summed E-state index contributed by atoms with van der Waals surface area (Å²) in [6, 6.07) is 0. The zero-order valence-electron chi connectivity index (χ0n) is 8.15. The normalized spacial score (nSPS) is 9.00. The number of nitrogens with two attached hydrogens (primary N) is 4. The zero-order chi connectivity index (χ0) is 12.0. The molecule has 0 aliphatic carbocycles. The maximum Gasteiger partial charge on any atom is 0.224 e. The highest BCUT2D eigenvalue weighted by Gasteiger charge is 1.86. The molecule has 2 aromatic rings. The van der Waals surface area contributed by atoms with E-state index in [0.717, 1.165) is 0 Å². The van der Waals surface area contributed by atoms with Gasteiger partial charge in [-0.15, -0.1) is 0 Å². The quantitative estimate of drug-likeness (QED) is 0.391. The van der Waals surface area contributed by atoms with E-state index in [1.54, 1.807) is 0 Å². The summed E-state index contributed by atoms with van der Waals surface area (Å²) in [6.45, 7) is 0. The van der Waals surface area contributed by atoms with Gasteiger partial charge in [0.05, 0.1) is 0 Å². The molecule has 2 heterocycles. The average Bonchev–Trinajstić information content (AvgIpc) is 2.17. The predicted octanol–water partition coefficient (Wildman–Crippen LogP) is -1.93. The van der Waals surface area contributed by atoms with E-state index in [9.17, 15) is 0 Å². The standard InChI is InChI=1S/2C3H5N5/c2*4-2-6-1-7-3(5)8-2/h2*1H,(H4,4,5,6,7,8). The Labute approximate surface area is 90.2 Å². The summed E-state index contributed by atoms with van der Waals surface area (Å²) in [4.78, 5) is 21.1. The molecular formula is C6H10N10. The fraction of sp³-hybridized carbons (Fsp3) is 0. The van der Waals surface area contributed by atoms with Gasteiger partial charge in [-0.1, -0.05) is 0 Å². The highest BCUT2D eigenvalue weighted by atomic mass is 15.1. The minimum atomic E-state index is 0.150. The van der Waals surface area contributed by atoms with Gasteiger partial charge in [0.1, 0.15) is 12.7 Å². The zero-order valence-corrected chi connectivity index (χ0v) is 8.15. The van der Waals surface area contributed by atoms with Crippen molar-refractivity contribution in [3.63, 3.8) is 0 Å². The fourth-order valence-corrected chi connectivity index (χ4v) is 0.645. The van der Waals surface area contributed by atoms with Gasteiger partial charge in [0.25, 0.3) is 0 Å². The number of hydrogen-bond acceptors (Lipinski definition) is 10. The van der Waals surface area contributed by atoms with Crippen LogP contribution in [0.3, 0.4) is 0 Å². The number of nitrogen functional groups attached to an aromatic ring is 4. The van der Waals surface area contributed by atoms with Crippen LogP contribution >= 0.6 is 0 Å². The Bertz CT molecular complexity index is 379. The van der Waals surface area contributed by atoms with E-state index >= 15 is 0 Å². The van der Waals surface area contributed by atoms with E-state index in [0.29, 0.717) is 0 Å². The summed E-state index contributed by atoms with van der Waals surface area (Å²) in [6.07, 6.45) is 2.52. The Balaban J connectivity index is 0.000000160. The molecule has 10 heteroatoms. The highest BCUT2D eigenvalue weighted by molar-refractivity contribution is 5.23. The third kappa shape index (κ3) is 3.95. The van der Waals surface area contributed by atoms with E-state index in [1.807, 2.05) is 0 Å². The van der Waals surface area contributed by atoms with E-state index in [2.05, 4.69) is 29.9 Å². The van der Waals surface area contributed by atoms with Crippen LogP contribution in [0.15, 0.2) is 12.7 Å². The van der Waals surface area contributed by atoms with Crippen LogP contribution in [-0.4, -0.2) is 29.9 Å². The Morgan fingerprint density at radius 2 is 0.812 bits per heavy atom. The second-order valence-electron chi connectivity index (χ2n) is 2.40. The van der Waals surface area contributed by atoms with E-state index < -0.39 is 0 Å². The molecule has 0 aromatic carbocycles. The molecule has 0 radical (unpaired) electrons. The van der Waals surface area contributed by atoms with Crippen molar-refractivity contribution in [2.75, 3.05) is 22.9 Å². The van der Waals surface area contributed by atoms with Crippen molar-refractivity contribution >= 4 is 23.8 Å². The lowest BCUT2D eigenvalue weighted by molar-refractivity contribution is 1.08. The van der Waals surface area contributed by atoms with Crippen molar-refractivity contribution in [3.8, 4) is 0 Å². The van der Waals surface area contributed by atoms with E-state index in [-0.39, 0.29) is 23.8 Å². The summed E-state index contributed by atoms with van der Waals surface area (Å²) in [5.41, 5.74) is 20.5. The van der Waals surface area contributed by atoms with Crippen molar-refractivity contribution in [3.05, 3.63) is 12.7 Å². The van der Waals surface area contributed by atoms with Gasteiger partial charge in [0.2, 0.25) is 23.8 Å². The summed E-state index contributed by atoms with van der Waals surface area (Å²) in [5.74, 6) is 0.602. The van der Waals surface area contributed by atoms with Crippen molar-refractivity contribution in [2.45, 2.75) is 0 Å². The SMILES string of the molecule is Nc1ncnc(N)n1.Nc1ncnc(N)n1. The lowest BCUT2D eigenvalue weighted by Gasteiger charge is -1.88. The molecule has 8 N–H and O–H groups in total. The molecule has 2 rings (SSSR count). The van der Waals surface area contributed by atoms with Crippen molar-refractivity contribution in [1.29, 1.82) is 0 Å². The minimum absolute atomic E-state index is 0.150. The molecule has 0 spiro atoms. The molecule has 0 aliphatic heterocycles. The van der Waals surface area contributed by atoms with Crippen molar-refractivity contribution in [2.24, 2.45) is 0 Å². The fourth-order valence-electron chi connectivity index (χ4n) is 0.645. The lowest BCUT2D eigenvalue weighted by Crippen LogP contribution is -2.00. The molecule has 0 saturated heterocycles. The first-order chi connectivity index (χ1) is 7.58. The van der Waals surface area contributed by atoms with Gasteiger partial charge in [-0.25, -0.2) is 19.9 Å². The smallest absolute Gasteiger partial charge is 0.224 e.